The zero-order valence-corrected chi connectivity index (χ0v) is 12.7. The van der Waals surface area contributed by atoms with Crippen LogP contribution in [0, 0.1) is 13.8 Å². The summed E-state index contributed by atoms with van der Waals surface area (Å²) in [5.41, 5.74) is 4.27. The van der Waals surface area contributed by atoms with E-state index in [-0.39, 0.29) is 0 Å². The monoisotopic (exact) mass is 290 g/mol. The molecule has 2 rings (SSSR count). The molecule has 0 radical (unpaired) electrons. The summed E-state index contributed by atoms with van der Waals surface area (Å²) in [6.07, 6.45) is -0.608. The second-order valence-electron chi connectivity index (χ2n) is 5.14. The van der Waals surface area contributed by atoms with E-state index in [2.05, 4.69) is 32.0 Å². The molecule has 0 spiro atoms. The summed E-state index contributed by atoms with van der Waals surface area (Å²) < 4.78 is 5.83. The lowest BCUT2D eigenvalue weighted by Gasteiger charge is -2.14. The van der Waals surface area contributed by atoms with Crippen LogP contribution in [0.25, 0.3) is 0 Å². The first kappa shape index (κ1) is 14.9. The SMILES string of the molecule is Cc1cc(C)cc(COc2ccc(Cl)cc2[C@H](C)O)c1. The molecular formula is C17H19ClO2. The first-order chi connectivity index (χ1) is 9.45. The molecule has 0 amide bonds. The summed E-state index contributed by atoms with van der Waals surface area (Å²) in [6.45, 7) is 6.32. The minimum Gasteiger partial charge on any atom is -0.489 e. The molecule has 0 aliphatic carbocycles. The Balaban J connectivity index is 2.18. The standard InChI is InChI=1S/C17H19ClO2/c1-11-6-12(2)8-14(7-11)10-20-17-5-4-15(18)9-16(17)13(3)19/h4-9,13,19H,10H2,1-3H3/t13-/m0/s1. The van der Waals surface area contributed by atoms with Crippen LogP contribution in [-0.4, -0.2) is 5.11 Å². The number of benzene rings is 2. The number of ether oxygens (including phenoxy) is 1. The summed E-state index contributed by atoms with van der Waals surface area (Å²) in [5, 5.41) is 10.4. The van der Waals surface area contributed by atoms with Crippen molar-refractivity contribution in [3.8, 4) is 5.75 Å². The molecule has 3 heteroatoms. The van der Waals surface area contributed by atoms with Gasteiger partial charge in [0.25, 0.3) is 0 Å². The highest BCUT2D eigenvalue weighted by molar-refractivity contribution is 6.30. The minimum atomic E-state index is -0.608. The van der Waals surface area contributed by atoms with Crippen molar-refractivity contribution in [1.82, 2.24) is 0 Å². The normalized spacial score (nSPS) is 12.2. The van der Waals surface area contributed by atoms with Crippen LogP contribution in [0.3, 0.4) is 0 Å². The molecule has 0 saturated heterocycles. The maximum atomic E-state index is 9.78. The second kappa shape index (κ2) is 6.29. The van der Waals surface area contributed by atoms with Gasteiger partial charge in [-0.05, 0) is 44.5 Å². The van der Waals surface area contributed by atoms with Gasteiger partial charge in [-0.2, -0.15) is 0 Å². The van der Waals surface area contributed by atoms with Crippen LogP contribution >= 0.6 is 11.6 Å². The third-order valence-electron chi connectivity index (χ3n) is 3.10. The lowest BCUT2D eigenvalue weighted by molar-refractivity contribution is 0.190. The number of hydrogen-bond acceptors (Lipinski definition) is 2. The maximum Gasteiger partial charge on any atom is 0.125 e. The van der Waals surface area contributed by atoms with E-state index >= 15 is 0 Å². The van der Waals surface area contributed by atoms with E-state index in [0.29, 0.717) is 22.9 Å². The molecule has 0 aliphatic heterocycles. The Morgan fingerprint density at radius 1 is 1.10 bits per heavy atom. The molecule has 2 aromatic rings. The molecule has 106 valence electrons. The van der Waals surface area contributed by atoms with Crippen molar-refractivity contribution >= 4 is 11.6 Å². The molecule has 2 nitrogen and oxygen atoms in total. The van der Waals surface area contributed by atoms with Crippen LogP contribution in [0.5, 0.6) is 5.75 Å². The average Bonchev–Trinajstić information content (AvgIpc) is 2.36. The summed E-state index contributed by atoms with van der Waals surface area (Å²) in [6, 6.07) is 11.6. The third-order valence-corrected chi connectivity index (χ3v) is 3.33. The van der Waals surface area contributed by atoms with Crippen LogP contribution in [0.15, 0.2) is 36.4 Å². The Hall–Kier alpha value is -1.51. The molecule has 2 aromatic carbocycles. The lowest BCUT2D eigenvalue weighted by Crippen LogP contribution is -2.01. The smallest absolute Gasteiger partial charge is 0.125 e. The van der Waals surface area contributed by atoms with E-state index in [9.17, 15) is 5.11 Å². The molecule has 0 aliphatic rings. The fourth-order valence-electron chi connectivity index (χ4n) is 2.29. The number of aliphatic hydroxyl groups is 1. The van der Waals surface area contributed by atoms with E-state index in [1.165, 1.54) is 11.1 Å². The number of halogens is 1. The largest absolute Gasteiger partial charge is 0.489 e. The number of rotatable bonds is 4. The number of aliphatic hydroxyl groups excluding tert-OH is 1. The predicted molar refractivity (Wildman–Crippen MR) is 82.3 cm³/mol. The molecule has 0 bridgehead atoms. The Morgan fingerprint density at radius 3 is 2.35 bits per heavy atom. The van der Waals surface area contributed by atoms with Crippen molar-refractivity contribution in [2.45, 2.75) is 33.5 Å². The summed E-state index contributed by atoms with van der Waals surface area (Å²) in [4.78, 5) is 0. The van der Waals surface area contributed by atoms with Gasteiger partial charge in [0.05, 0.1) is 6.10 Å². The molecule has 1 N–H and O–H groups in total. The zero-order valence-electron chi connectivity index (χ0n) is 12.0. The van der Waals surface area contributed by atoms with Crippen LogP contribution < -0.4 is 4.74 Å². The van der Waals surface area contributed by atoms with Crippen molar-refractivity contribution in [3.63, 3.8) is 0 Å². The first-order valence-electron chi connectivity index (χ1n) is 6.63. The van der Waals surface area contributed by atoms with E-state index in [1.54, 1.807) is 25.1 Å². The molecular weight excluding hydrogens is 272 g/mol. The third kappa shape index (κ3) is 3.75. The van der Waals surface area contributed by atoms with Crippen LogP contribution in [0.1, 0.15) is 35.3 Å². The molecule has 0 heterocycles. The van der Waals surface area contributed by atoms with Gasteiger partial charge in [-0.1, -0.05) is 40.9 Å². The van der Waals surface area contributed by atoms with Crippen molar-refractivity contribution in [2.75, 3.05) is 0 Å². The summed E-state index contributed by atoms with van der Waals surface area (Å²) in [7, 11) is 0. The highest BCUT2D eigenvalue weighted by Gasteiger charge is 2.10. The first-order valence-corrected chi connectivity index (χ1v) is 7.01. The van der Waals surface area contributed by atoms with Gasteiger partial charge in [0.2, 0.25) is 0 Å². The number of aryl methyl sites for hydroxylation is 2. The molecule has 0 aromatic heterocycles. The van der Waals surface area contributed by atoms with E-state index in [4.69, 9.17) is 16.3 Å². The van der Waals surface area contributed by atoms with Gasteiger partial charge in [-0.15, -0.1) is 0 Å². The second-order valence-corrected chi connectivity index (χ2v) is 5.58. The van der Waals surface area contributed by atoms with Crippen LogP contribution in [0.2, 0.25) is 5.02 Å². The fourth-order valence-corrected chi connectivity index (χ4v) is 2.47. The van der Waals surface area contributed by atoms with Crippen molar-refractivity contribution in [1.29, 1.82) is 0 Å². The number of hydrogen-bond donors (Lipinski definition) is 1. The minimum absolute atomic E-state index is 0.476. The molecule has 0 fully saturated rings. The highest BCUT2D eigenvalue weighted by Crippen LogP contribution is 2.29. The Kier molecular flexibility index (Phi) is 4.69. The van der Waals surface area contributed by atoms with E-state index in [0.717, 1.165) is 5.56 Å². The van der Waals surface area contributed by atoms with Crippen molar-refractivity contribution in [2.24, 2.45) is 0 Å². The zero-order chi connectivity index (χ0) is 14.7. The van der Waals surface area contributed by atoms with Gasteiger partial charge in [-0.25, -0.2) is 0 Å². The Labute approximate surface area is 125 Å². The molecule has 0 saturated carbocycles. The fraction of sp³-hybridized carbons (Fsp3) is 0.294. The Bertz CT molecular complexity index is 586. The maximum absolute atomic E-state index is 9.78. The van der Waals surface area contributed by atoms with Gasteiger partial charge in [0.15, 0.2) is 0 Å². The molecule has 20 heavy (non-hydrogen) atoms. The summed E-state index contributed by atoms with van der Waals surface area (Å²) in [5.74, 6) is 0.670. The predicted octanol–water partition coefficient (Wildman–Crippen LogP) is 4.59. The highest BCUT2D eigenvalue weighted by atomic mass is 35.5. The van der Waals surface area contributed by atoms with Crippen molar-refractivity contribution in [3.05, 3.63) is 63.7 Å². The van der Waals surface area contributed by atoms with E-state index < -0.39 is 6.10 Å². The van der Waals surface area contributed by atoms with Gasteiger partial charge in [0, 0.05) is 10.6 Å². The van der Waals surface area contributed by atoms with E-state index in [1.807, 2.05) is 0 Å². The summed E-state index contributed by atoms with van der Waals surface area (Å²) >= 11 is 5.95. The van der Waals surface area contributed by atoms with Gasteiger partial charge < -0.3 is 9.84 Å². The molecule has 0 unspecified atom stereocenters. The quantitative estimate of drug-likeness (QED) is 0.892. The van der Waals surface area contributed by atoms with Gasteiger partial charge in [0.1, 0.15) is 12.4 Å². The lowest BCUT2D eigenvalue weighted by atomic mass is 10.1. The Morgan fingerprint density at radius 2 is 1.75 bits per heavy atom. The topological polar surface area (TPSA) is 29.5 Å². The molecule has 1 atom stereocenters. The van der Waals surface area contributed by atoms with Crippen molar-refractivity contribution < 1.29 is 9.84 Å². The van der Waals surface area contributed by atoms with Crippen LogP contribution in [-0.2, 0) is 6.61 Å². The average molecular weight is 291 g/mol. The van der Waals surface area contributed by atoms with Gasteiger partial charge in [-0.3, -0.25) is 0 Å². The van der Waals surface area contributed by atoms with Gasteiger partial charge >= 0.3 is 0 Å². The van der Waals surface area contributed by atoms with Crippen LogP contribution in [0.4, 0.5) is 0 Å².